The highest BCUT2D eigenvalue weighted by atomic mass is 15.2. The molecule has 0 aromatic heterocycles. The van der Waals surface area contributed by atoms with Crippen LogP contribution in [0, 0.1) is 5.92 Å². The summed E-state index contributed by atoms with van der Waals surface area (Å²) in [5, 5.41) is 3.36. The Morgan fingerprint density at radius 1 is 1.36 bits per heavy atom. The van der Waals surface area contributed by atoms with E-state index in [-0.39, 0.29) is 0 Å². The topological polar surface area (TPSA) is 15.3 Å². The Kier molecular flexibility index (Phi) is 2.90. The van der Waals surface area contributed by atoms with Crippen molar-refractivity contribution in [2.75, 3.05) is 20.1 Å². The van der Waals surface area contributed by atoms with Gasteiger partial charge >= 0.3 is 0 Å². The van der Waals surface area contributed by atoms with Crippen molar-refractivity contribution in [2.24, 2.45) is 5.92 Å². The quantitative estimate of drug-likeness (QED) is 0.640. The molecular formula is C9H20N2. The molecule has 2 unspecified atom stereocenters. The molecule has 2 atom stereocenters. The van der Waals surface area contributed by atoms with Gasteiger partial charge < -0.3 is 5.32 Å². The highest BCUT2D eigenvalue weighted by molar-refractivity contribution is 4.86. The average molecular weight is 156 g/mol. The van der Waals surface area contributed by atoms with E-state index in [1.54, 1.807) is 0 Å². The van der Waals surface area contributed by atoms with Crippen molar-refractivity contribution in [2.45, 2.75) is 32.9 Å². The summed E-state index contributed by atoms with van der Waals surface area (Å²) in [6.07, 6.45) is 0. The molecule has 1 aliphatic rings. The van der Waals surface area contributed by atoms with Gasteiger partial charge in [0, 0.05) is 25.2 Å². The summed E-state index contributed by atoms with van der Waals surface area (Å²) in [6.45, 7) is 9.33. The van der Waals surface area contributed by atoms with Gasteiger partial charge in [0.15, 0.2) is 0 Å². The molecule has 0 amide bonds. The van der Waals surface area contributed by atoms with Crippen LogP contribution in [0.5, 0.6) is 0 Å². The van der Waals surface area contributed by atoms with Crippen LogP contribution >= 0.6 is 0 Å². The van der Waals surface area contributed by atoms with Gasteiger partial charge in [-0.15, -0.1) is 0 Å². The minimum Gasteiger partial charge on any atom is -0.315 e. The highest BCUT2D eigenvalue weighted by Crippen LogP contribution is 2.17. The summed E-state index contributed by atoms with van der Waals surface area (Å²) < 4.78 is 0. The van der Waals surface area contributed by atoms with Gasteiger partial charge in [-0.25, -0.2) is 0 Å². The lowest BCUT2D eigenvalue weighted by molar-refractivity contribution is 0.265. The minimum absolute atomic E-state index is 0.704. The molecule has 66 valence electrons. The Balaban J connectivity index is 2.43. The van der Waals surface area contributed by atoms with Gasteiger partial charge in [-0.1, -0.05) is 6.92 Å². The molecule has 11 heavy (non-hydrogen) atoms. The molecule has 1 fully saturated rings. The highest BCUT2D eigenvalue weighted by Gasteiger charge is 2.29. The molecule has 0 radical (unpaired) electrons. The molecule has 2 heteroatoms. The zero-order valence-electron chi connectivity index (χ0n) is 8.09. The van der Waals surface area contributed by atoms with Crippen molar-refractivity contribution in [3.8, 4) is 0 Å². The summed E-state index contributed by atoms with van der Waals surface area (Å²) in [6, 6.07) is 1.41. The molecule has 0 saturated carbocycles. The van der Waals surface area contributed by atoms with E-state index in [1.165, 1.54) is 13.1 Å². The molecule has 1 heterocycles. The van der Waals surface area contributed by atoms with Crippen LogP contribution in [0.1, 0.15) is 20.8 Å². The number of likely N-dealkylation sites (tertiary alicyclic amines) is 1. The van der Waals surface area contributed by atoms with Crippen LogP contribution < -0.4 is 5.32 Å². The van der Waals surface area contributed by atoms with Crippen LogP contribution in [0.15, 0.2) is 0 Å². The monoisotopic (exact) mass is 156 g/mol. The van der Waals surface area contributed by atoms with Crippen LogP contribution in [-0.4, -0.2) is 37.1 Å². The fraction of sp³-hybridized carbons (Fsp3) is 1.00. The predicted octanol–water partition coefficient (Wildman–Crippen LogP) is 0.934. The van der Waals surface area contributed by atoms with E-state index in [1.807, 2.05) is 0 Å². The maximum Gasteiger partial charge on any atom is 0.0229 e. The first-order valence-corrected chi connectivity index (χ1v) is 4.56. The maximum absolute atomic E-state index is 3.36. The van der Waals surface area contributed by atoms with Gasteiger partial charge in [-0.3, -0.25) is 4.90 Å². The Labute approximate surface area is 70.0 Å². The molecule has 2 nitrogen and oxygen atoms in total. The Morgan fingerprint density at radius 2 is 2.00 bits per heavy atom. The number of nitrogens with zero attached hydrogens (tertiary/aromatic N) is 1. The van der Waals surface area contributed by atoms with Gasteiger partial charge in [0.05, 0.1) is 0 Å². The molecule has 1 N–H and O–H groups in total. The van der Waals surface area contributed by atoms with E-state index in [4.69, 9.17) is 0 Å². The number of hydrogen-bond acceptors (Lipinski definition) is 2. The summed E-state index contributed by atoms with van der Waals surface area (Å²) in [5.74, 6) is 0.808. The van der Waals surface area contributed by atoms with Gasteiger partial charge in [0.1, 0.15) is 0 Å². The summed E-state index contributed by atoms with van der Waals surface area (Å²) in [5.41, 5.74) is 0. The maximum atomic E-state index is 3.36. The lowest BCUT2D eigenvalue weighted by atomic mass is 10.1. The summed E-state index contributed by atoms with van der Waals surface area (Å²) >= 11 is 0. The molecule has 1 saturated heterocycles. The fourth-order valence-electron chi connectivity index (χ4n) is 1.80. The second kappa shape index (κ2) is 3.55. The van der Waals surface area contributed by atoms with Crippen LogP contribution in [0.3, 0.4) is 0 Å². The van der Waals surface area contributed by atoms with Crippen LogP contribution in [0.25, 0.3) is 0 Å². The SMILES string of the molecule is CNC1CN(C(C)C)CC1C. The molecule has 0 aliphatic carbocycles. The second-order valence-electron chi connectivity index (χ2n) is 3.92. The second-order valence-corrected chi connectivity index (χ2v) is 3.92. The van der Waals surface area contributed by atoms with E-state index in [0.29, 0.717) is 12.1 Å². The zero-order valence-corrected chi connectivity index (χ0v) is 8.09. The van der Waals surface area contributed by atoms with Gasteiger partial charge in [-0.05, 0) is 26.8 Å². The van der Waals surface area contributed by atoms with E-state index < -0.39 is 0 Å². The van der Waals surface area contributed by atoms with Crippen molar-refractivity contribution >= 4 is 0 Å². The van der Waals surface area contributed by atoms with Crippen molar-refractivity contribution in [1.29, 1.82) is 0 Å². The Hall–Kier alpha value is -0.0800. The number of hydrogen-bond donors (Lipinski definition) is 1. The normalized spacial score (nSPS) is 33.5. The molecule has 1 aliphatic heterocycles. The number of rotatable bonds is 2. The van der Waals surface area contributed by atoms with E-state index in [9.17, 15) is 0 Å². The summed E-state index contributed by atoms with van der Waals surface area (Å²) in [4.78, 5) is 2.53. The molecule has 0 aromatic rings. The van der Waals surface area contributed by atoms with Crippen LogP contribution in [0.4, 0.5) is 0 Å². The van der Waals surface area contributed by atoms with E-state index in [2.05, 4.69) is 38.0 Å². The number of likely N-dealkylation sites (N-methyl/N-ethyl adjacent to an activating group) is 1. The predicted molar refractivity (Wildman–Crippen MR) is 48.7 cm³/mol. The molecule has 1 rings (SSSR count). The third-order valence-corrected chi connectivity index (χ3v) is 2.74. The summed E-state index contributed by atoms with van der Waals surface area (Å²) in [7, 11) is 2.06. The third-order valence-electron chi connectivity index (χ3n) is 2.74. The standard InChI is InChI=1S/C9H20N2/c1-7(2)11-5-8(3)9(6-11)10-4/h7-10H,5-6H2,1-4H3. The zero-order chi connectivity index (χ0) is 8.43. The van der Waals surface area contributed by atoms with Crippen molar-refractivity contribution in [1.82, 2.24) is 10.2 Å². The van der Waals surface area contributed by atoms with Crippen LogP contribution in [-0.2, 0) is 0 Å². The van der Waals surface area contributed by atoms with Crippen molar-refractivity contribution < 1.29 is 0 Å². The average Bonchev–Trinajstić information content (AvgIpc) is 2.31. The van der Waals surface area contributed by atoms with Crippen molar-refractivity contribution in [3.05, 3.63) is 0 Å². The number of nitrogens with one attached hydrogen (secondary N) is 1. The first-order valence-electron chi connectivity index (χ1n) is 4.56. The molecular weight excluding hydrogens is 136 g/mol. The first-order chi connectivity index (χ1) is 5.15. The third kappa shape index (κ3) is 1.94. The Bertz CT molecular complexity index is 123. The molecule has 0 spiro atoms. The smallest absolute Gasteiger partial charge is 0.0229 e. The first kappa shape index (κ1) is 9.01. The van der Waals surface area contributed by atoms with Gasteiger partial charge in [-0.2, -0.15) is 0 Å². The van der Waals surface area contributed by atoms with Gasteiger partial charge in [0.25, 0.3) is 0 Å². The lowest BCUT2D eigenvalue weighted by Gasteiger charge is -2.19. The molecule has 0 bridgehead atoms. The van der Waals surface area contributed by atoms with Gasteiger partial charge in [0.2, 0.25) is 0 Å². The van der Waals surface area contributed by atoms with E-state index >= 15 is 0 Å². The Morgan fingerprint density at radius 3 is 2.27 bits per heavy atom. The van der Waals surface area contributed by atoms with Crippen molar-refractivity contribution in [3.63, 3.8) is 0 Å². The molecule has 0 aromatic carbocycles. The minimum atomic E-state index is 0.704. The lowest BCUT2D eigenvalue weighted by Crippen LogP contribution is -2.34. The van der Waals surface area contributed by atoms with Crippen LogP contribution in [0.2, 0.25) is 0 Å². The fourth-order valence-corrected chi connectivity index (χ4v) is 1.80. The largest absolute Gasteiger partial charge is 0.315 e. The van der Waals surface area contributed by atoms with E-state index in [0.717, 1.165) is 5.92 Å².